The minimum Gasteiger partial charge on any atom is -0.264 e. The van der Waals surface area contributed by atoms with Crippen molar-refractivity contribution in [2.75, 3.05) is 0 Å². The molecule has 0 bridgehead atoms. The predicted octanol–water partition coefficient (Wildman–Crippen LogP) is 9.64. The van der Waals surface area contributed by atoms with Crippen molar-refractivity contribution >= 4 is 0 Å². The molecule has 2 aliphatic carbocycles. The summed E-state index contributed by atoms with van der Waals surface area (Å²) in [6.45, 7) is 0. The minimum absolute atomic E-state index is 0.0496. The van der Waals surface area contributed by atoms with Crippen LogP contribution >= 0.6 is 0 Å². The lowest BCUT2D eigenvalue weighted by Crippen LogP contribution is -2.28. The van der Waals surface area contributed by atoms with Crippen molar-refractivity contribution in [1.29, 1.82) is 5.26 Å². The Morgan fingerprint density at radius 1 is 0.591 bits per heavy atom. The monoisotopic (exact) mass is 566 g/mol. The maximum atomic E-state index is 10.0. The molecule has 1 saturated carbocycles. The van der Waals surface area contributed by atoms with Crippen molar-refractivity contribution in [3.8, 4) is 62.2 Å². The number of hydrogen-bond acceptors (Lipinski definition) is 4. The molecule has 44 heavy (non-hydrogen) atoms. The van der Waals surface area contributed by atoms with E-state index >= 15 is 0 Å². The Balaban J connectivity index is 1.28. The van der Waals surface area contributed by atoms with Crippen LogP contribution in [0.4, 0.5) is 0 Å². The van der Waals surface area contributed by atoms with Crippen molar-refractivity contribution in [3.63, 3.8) is 0 Å². The number of aromatic nitrogens is 3. The number of nitriles is 1. The smallest absolute Gasteiger partial charge is 0.160 e. The molecule has 0 aliphatic heterocycles. The van der Waals surface area contributed by atoms with Gasteiger partial charge in [-0.3, -0.25) is 4.98 Å². The van der Waals surface area contributed by atoms with Gasteiger partial charge in [-0.2, -0.15) is 5.26 Å². The number of fused-ring (bicyclic) bond motifs is 5. The van der Waals surface area contributed by atoms with Gasteiger partial charge in [-0.1, -0.05) is 104 Å². The molecule has 2 aromatic heterocycles. The Labute approximate surface area is 257 Å². The van der Waals surface area contributed by atoms with E-state index in [0.717, 1.165) is 63.2 Å². The van der Waals surface area contributed by atoms with Gasteiger partial charge in [-0.05, 0) is 64.9 Å². The minimum atomic E-state index is -0.0496. The van der Waals surface area contributed by atoms with E-state index < -0.39 is 0 Å². The average Bonchev–Trinajstić information content (AvgIpc) is 3.37. The highest BCUT2D eigenvalue weighted by Crippen LogP contribution is 2.57. The molecule has 2 aliphatic rings. The number of benzene rings is 4. The zero-order chi connectivity index (χ0) is 29.5. The summed E-state index contributed by atoms with van der Waals surface area (Å²) in [6.07, 6.45) is 9.56. The van der Waals surface area contributed by atoms with E-state index in [2.05, 4.69) is 89.9 Å². The van der Waals surface area contributed by atoms with Gasteiger partial charge in [-0.15, -0.1) is 0 Å². The molecule has 0 atom stereocenters. The molecule has 4 aromatic carbocycles. The van der Waals surface area contributed by atoms with Gasteiger partial charge in [0.2, 0.25) is 0 Å². The first-order valence-electron chi connectivity index (χ1n) is 15.4. The molecule has 1 spiro atoms. The second kappa shape index (κ2) is 10.7. The second-order valence-electron chi connectivity index (χ2n) is 11.9. The average molecular weight is 567 g/mol. The molecule has 8 rings (SSSR count). The molecule has 4 heteroatoms. The van der Waals surface area contributed by atoms with E-state index in [1.54, 1.807) is 6.20 Å². The van der Waals surface area contributed by atoms with Gasteiger partial charge in [0.25, 0.3) is 0 Å². The SMILES string of the molecule is N#Cc1cccc2c1-c1ccc(-c3cc(-c4ccc(-c5cccnc5)cc4)nc(-c4ccccc4)n3)cc1C21CCCCC1. The summed E-state index contributed by atoms with van der Waals surface area (Å²) in [5, 5.41) is 10.0. The Morgan fingerprint density at radius 2 is 1.32 bits per heavy atom. The first kappa shape index (κ1) is 26.2. The highest BCUT2D eigenvalue weighted by Gasteiger charge is 2.44. The van der Waals surface area contributed by atoms with Gasteiger partial charge in [-0.25, -0.2) is 9.97 Å². The topological polar surface area (TPSA) is 62.5 Å². The van der Waals surface area contributed by atoms with Crippen LogP contribution in [-0.2, 0) is 5.41 Å². The molecule has 0 saturated heterocycles. The van der Waals surface area contributed by atoms with Crippen molar-refractivity contribution in [3.05, 3.63) is 138 Å². The van der Waals surface area contributed by atoms with Crippen LogP contribution in [0.15, 0.2) is 122 Å². The van der Waals surface area contributed by atoms with Crippen molar-refractivity contribution in [2.24, 2.45) is 0 Å². The van der Waals surface area contributed by atoms with Crippen LogP contribution in [0.25, 0.3) is 56.2 Å². The van der Waals surface area contributed by atoms with Crippen molar-refractivity contribution < 1.29 is 0 Å². The Bertz CT molecular complexity index is 2030. The number of pyridine rings is 1. The summed E-state index contributed by atoms with van der Waals surface area (Å²) < 4.78 is 0. The molecule has 0 N–H and O–H groups in total. The molecular formula is C40H30N4. The van der Waals surface area contributed by atoms with Gasteiger partial charge in [0.05, 0.1) is 23.0 Å². The first-order valence-corrected chi connectivity index (χ1v) is 15.4. The standard InChI is InChI=1S/C40H30N4/c41-25-31-11-7-13-34-38(31)33-19-18-30(23-35(33)40(34)20-5-2-6-21-40)37-24-36(43-39(44-37)29-9-3-1-4-10-29)28-16-14-27(15-17-28)32-12-8-22-42-26-32/h1,3-4,7-19,22-24,26H,2,5-6,20-21H2. The molecule has 210 valence electrons. The fraction of sp³-hybridized carbons (Fsp3) is 0.150. The van der Waals surface area contributed by atoms with Crippen LogP contribution in [0.3, 0.4) is 0 Å². The van der Waals surface area contributed by atoms with E-state index in [1.165, 1.54) is 36.0 Å². The van der Waals surface area contributed by atoms with E-state index in [0.29, 0.717) is 5.82 Å². The maximum absolute atomic E-state index is 10.0. The lowest BCUT2D eigenvalue weighted by molar-refractivity contribution is 0.353. The van der Waals surface area contributed by atoms with E-state index in [-0.39, 0.29) is 5.41 Å². The van der Waals surface area contributed by atoms with Crippen LogP contribution in [0, 0.1) is 11.3 Å². The molecule has 2 heterocycles. The summed E-state index contributed by atoms with van der Waals surface area (Å²) >= 11 is 0. The molecule has 0 unspecified atom stereocenters. The summed E-state index contributed by atoms with van der Waals surface area (Å²) in [5.41, 5.74) is 12.8. The summed E-state index contributed by atoms with van der Waals surface area (Å²) in [7, 11) is 0. The highest BCUT2D eigenvalue weighted by molar-refractivity contribution is 5.87. The van der Waals surface area contributed by atoms with Crippen LogP contribution < -0.4 is 0 Å². The molecule has 0 radical (unpaired) electrons. The van der Waals surface area contributed by atoms with Crippen LogP contribution in [0.2, 0.25) is 0 Å². The maximum Gasteiger partial charge on any atom is 0.160 e. The third kappa shape index (κ3) is 4.32. The van der Waals surface area contributed by atoms with Crippen LogP contribution in [-0.4, -0.2) is 15.0 Å². The fourth-order valence-corrected chi connectivity index (χ4v) is 7.32. The Hall–Kier alpha value is -5.40. The normalized spacial score (nSPS) is 14.5. The second-order valence-corrected chi connectivity index (χ2v) is 11.9. The first-order chi connectivity index (χ1) is 21.7. The molecule has 6 aromatic rings. The lowest BCUT2D eigenvalue weighted by atomic mass is 9.67. The fourth-order valence-electron chi connectivity index (χ4n) is 7.32. The van der Waals surface area contributed by atoms with E-state index in [1.807, 2.05) is 36.5 Å². The molecule has 1 fully saturated rings. The van der Waals surface area contributed by atoms with Gasteiger partial charge >= 0.3 is 0 Å². The summed E-state index contributed by atoms with van der Waals surface area (Å²) in [5.74, 6) is 0.706. The molecule has 0 amide bonds. The summed E-state index contributed by atoms with van der Waals surface area (Å²) in [4.78, 5) is 14.5. The lowest BCUT2D eigenvalue weighted by Gasteiger charge is -2.36. The third-order valence-electron chi connectivity index (χ3n) is 9.44. The number of hydrogen-bond donors (Lipinski definition) is 0. The van der Waals surface area contributed by atoms with Crippen LogP contribution in [0.1, 0.15) is 48.8 Å². The van der Waals surface area contributed by atoms with Gasteiger partial charge in [0.1, 0.15) is 0 Å². The molecule has 4 nitrogen and oxygen atoms in total. The highest BCUT2D eigenvalue weighted by atomic mass is 14.9. The van der Waals surface area contributed by atoms with Gasteiger partial charge < -0.3 is 0 Å². The Kier molecular flexibility index (Phi) is 6.38. The van der Waals surface area contributed by atoms with E-state index in [9.17, 15) is 5.26 Å². The Morgan fingerprint density at radius 3 is 2.07 bits per heavy atom. The van der Waals surface area contributed by atoms with Gasteiger partial charge in [0, 0.05) is 40.1 Å². The van der Waals surface area contributed by atoms with Crippen molar-refractivity contribution in [1.82, 2.24) is 15.0 Å². The van der Waals surface area contributed by atoms with E-state index in [4.69, 9.17) is 9.97 Å². The third-order valence-corrected chi connectivity index (χ3v) is 9.44. The molecular weight excluding hydrogens is 536 g/mol. The largest absolute Gasteiger partial charge is 0.264 e. The number of nitrogens with zero attached hydrogens (tertiary/aromatic N) is 4. The van der Waals surface area contributed by atoms with Gasteiger partial charge in [0.15, 0.2) is 5.82 Å². The summed E-state index contributed by atoms with van der Waals surface area (Å²) in [6, 6.07) is 40.4. The van der Waals surface area contributed by atoms with Crippen LogP contribution in [0.5, 0.6) is 0 Å². The zero-order valence-electron chi connectivity index (χ0n) is 24.4. The predicted molar refractivity (Wildman–Crippen MR) is 176 cm³/mol. The quantitative estimate of drug-likeness (QED) is 0.213. The number of rotatable bonds is 4. The van der Waals surface area contributed by atoms with Crippen molar-refractivity contribution in [2.45, 2.75) is 37.5 Å². The zero-order valence-corrected chi connectivity index (χ0v) is 24.4.